The standard InChI is InChI=1S/C23H24N2O6S/c1-14(22(27)25-23-24-17(13-32-23)16-8-6-5-7-9-16)31-20(26)12-15-10-18(28-2)21(30-4)19(11-15)29-3/h5-11,13-14H,12H2,1-4H3,(H,24,25,27)/t14-/m1/s1. The Hall–Kier alpha value is -3.59. The van der Waals surface area contributed by atoms with E-state index in [1.165, 1.54) is 39.6 Å². The summed E-state index contributed by atoms with van der Waals surface area (Å²) in [5, 5.41) is 4.97. The fourth-order valence-corrected chi connectivity index (χ4v) is 3.70. The van der Waals surface area contributed by atoms with E-state index in [-0.39, 0.29) is 6.42 Å². The Balaban J connectivity index is 1.60. The molecule has 1 atom stereocenters. The van der Waals surface area contributed by atoms with Gasteiger partial charge in [-0.1, -0.05) is 30.3 Å². The van der Waals surface area contributed by atoms with Crippen molar-refractivity contribution in [3.8, 4) is 28.5 Å². The summed E-state index contributed by atoms with van der Waals surface area (Å²) in [6, 6.07) is 13.0. The molecule has 9 heteroatoms. The molecule has 0 unspecified atom stereocenters. The second-order valence-electron chi connectivity index (χ2n) is 6.74. The van der Waals surface area contributed by atoms with E-state index in [0.717, 1.165) is 11.3 Å². The van der Waals surface area contributed by atoms with E-state index in [0.29, 0.717) is 27.9 Å². The number of carbonyl (C=O) groups excluding carboxylic acids is 2. The Kier molecular flexibility index (Phi) is 7.67. The highest BCUT2D eigenvalue weighted by Crippen LogP contribution is 2.38. The van der Waals surface area contributed by atoms with Crippen LogP contribution in [0.3, 0.4) is 0 Å². The number of ether oxygens (including phenoxy) is 4. The maximum Gasteiger partial charge on any atom is 0.311 e. The Morgan fingerprint density at radius 1 is 1.03 bits per heavy atom. The molecule has 0 aliphatic heterocycles. The van der Waals surface area contributed by atoms with Crippen LogP contribution in [0.15, 0.2) is 47.8 Å². The fourth-order valence-electron chi connectivity index (χ4n) is 2.98. The molecule has 1 amide bonds. The lowest BCUT2D eigenvalue weighted by Gasteiger charge is -2.15. The van der Waals surface area contributed by atoms with Crippen LogP contribution in [0.1, 0.15) is 12.5 Å². The van der Waals surface area contributed by atoms with Crippen LogP contribution in [0, 0.1) is 0 Å². The minimum Gasteiger partial charge on any atom is -0.493 e. The summed E-state index contributed by atoms with van der Waals surface area (Å²) in [6.45, 7) is 1.51. The molecular formula is C23H24N2O6S. The molecular weight excluding hydrogens is 432 g/mol. The van der Waals surface area contributed by atoms with Gasteiger partial charge in [0.1, 0.15) is 0 Å². The van der Waals surface area contributed by atoms with Crippen LogP contribution in [0.25, 0.3) is 11.3 Å². The van der Waals surface area contributed by atoms with Gasteiger partial charge in [-0.15, -0.1) is 11.3 Å². The summed E-state index contributed by atoms with van der Waals surface area (Å²) in [6.07, 6.45) is -1.06. The van der Waals surface area contributed by atoms with Crippen LogP contribution in [-0.2, 0) is 20.7 Å². The first-order valence-electron chi connectivity index (χ1n) is 9.75. The summed E-state index contributed by atoms with van der Waals surface area (Å²) in [4.78, 5) is 29.3. The third kappa shape index (κ3) is 5.55. The lowest BCUT2D eigenvalue weighted by atomic mass is 10.1. The van der Waals surface area contributed by atoms with Crippen molar-refractivity contribution in [3.05, 3.63) is 53.4 Å². The molecule has 0 aliphatic rings. The molecule has 2 aromatic carbocycles. The summed E-state index contributed by atoms with van der Waals surface area (Å²) < 4.78 is 21.2. The molecule has 0 fully saturated rings. The molecule has 32 heavy (non-hydrogen) atoms. The van der Waals surface area contributed by atoms with Crippen molar-refractivity contribution in [1.82, 2.24) is 4.98 Å². The van der Waals surface area contributed by atoms with Crippen LogP contribution in [0.4, 0.5) is 5.13 Å². The molecule has 0 radical (unpaired) electrons. The fraction of sp³-hybridized carbons (Fsp3) is 0.261. The normalized spacial score (nSPS) is 11.4. The number of hydrogen-bond donors (Lipinski definition) is 1. The van der Waals surface area contributed by atoms with Gasteiger partial charge in [0.25, 0.3) is 5.91 Å². The molecule has 1 N–H and O–H groups in total. The number of benzene rings is 2. The van der Waals surface area contributed by atoms with Gasteiger partial charge in [0, 0.05) is 10.9 Å². The second-order valence-corrected chi connectivity index (χ2v) is 7.59. The van der Waals surface area contributed by atoms with Gasteiger partial charge in [-0.05, 0) is 24.6 Å². The van der Waals surface area contributed by atoms with Gasteiger partial charge in [0.05, 0.1) is 33.4 Å². The van der Waals surface area contributed by atoms with Crippen molar-refractivity contribution >= 4 is 28.3 Å². The zero-order chi connectivity index (χ0) is 23.1. The van der Waals surface area contributed by atoms with Gasteiger partial charge in [0.2, 0.25) is 5.75 Å². The molecule has 1 heterocycles. The highest BCUT2D eigenvalue weighted by atomic mass is 32.1. The van der Waals surface area contributed by atoms with E-state index in [2.05, 4.69) is 10.3 Å². The second kappa shape index (κ2) is 10.6. The predicted octanol–water partition coefficient (Wildman–Crippen LogP) is 3.95. The Morgan fingerprint density at radius 3 is 2.28 bits per heavy atom. The molecule has 168 valence electrons. The van der Waals surface area contributed by atoms with Gasteiger partial charge in [-0.2, -0.15) is 0 Å². The van der Waals surface area contributed by atoms with Crippen LogP contribution < -0.4 is 19.5 Å². The first-order chi connectivity index (χ1) is 15.4. The van der Waals surface area contributed by atoms with Crippen LogP contribution in [0.5, 0.6) is 17.2 Å². The van der Waals surface area contributed by atoms with E-state index in [4.69, 9.17) is 18.9 Å². The molecule has 0 saturated carbocycles. The van der Waals surface area contributed by atoms with Crippen LogP contribution in [0.2, 0.25) is 0 Å². The van der Waals surface area contributed by atoms with Crippen molar-refractivity contribution in [3.63, 3.8) is 0 Å². The number of carbonyl (C=O) groups is 2. The van der Waals surface area contributed by atoms with Crippen molar-refractivity contribution in [2.75, 3.05) is 26.6 Å². The maximum absolute atomic E-state index is 12.5. The number of methoxy groups -OCH3 is 3. The first-order valence-corrected chi connectivity index (χ1v) is 10.6. The number of anilines is 1. The molecule has 3 rings (SSSR count). The summed E-state index contributed by atoms with van der Waals surface area (Å²) >= 11 is 1.30. The van der Waals surface area contributed by atoms with Crippen molar-refractivity contribution in [2.45, 2.75) is 19.4 Å². The lowest BCUT2D eigenvalue weighted by Crippen LogP contribution is -2.30. The van der Waals surface area contributed by atoms with E-state index < -0.39 is 18.0 Å². The molecule has 1 aromatic heterocycles. The minimum absolute atomic E-state index is 0.0657. The monoisotopic (exact) mass is 456 g/mol. The number of thiazole rings is 1. The molecule has 0 bridgehead atoms. The predicted molar refractivity (Wildman–Crippen MR) is 122 cm³/mol. The average molecular weight is 457 g/mol. The van der Waals surface area contributed by atoms with E-state index >= 15 is 0 Å². The van der Waals surface area contributed by atoms with Crippen molar-refractivity contribution in [1.29, 1.82) is 0 Å². The summed E-state index contributed by atoms with van der Waals surface area (Å²) in [5.41, 5.74) is 2.32. The number of nitrogens with zero attached hydrogens (tertiary/aromatic N) is 1. The molecule has 0 saturated heterocycles. The van der Waals surface area contributed by atoms with Crippen LogP contribution in [-0.4, -0.2) is 44.3 Å². The van der Waals surface area contributed by atoms with Gasteiger partial charge in [0.15, 0.2) is 22.7 Å². The molecule has 8 nitrogen and oxygen atoms in total. The quantitative estimate of drug-likeness (QED) is 0.487. The number of aromatic nitrogens is 1. The van der Waals surface area contributed by atoms with Gasteiger partial charge < -0.3 is 18.9 Å². The Labute approximate surface area is 190 Å². The number of hydrogen-bond acceptors (Lipinski definition) is 8. The average Bonchev–Trinajstić information content (AvgIpc) is 3.27. The number of esters is 1. The minimum atomic E-state index is -0.992. The smallest absolute Gasteiger partial charge is 0.311 e. The highest BCUT2D eigenvalue weighted by molar-refractivity contribution is 7.14. The third-order valence-electron chi connectivity index (χ3n) is 4.55. The van der Waals surface area contributed by atoms with E-state index in [9.17, 15) is 9.59 Å². The summed E-state index contributed by atoms with van der Waals surface area (Å²) in [7, 11) is 4.49. The SMILES string of the molecule is COc1cc(CC(=O)O[C@H](C)C(=O)Nc2nc(-c3ccccc3)cs2)cc(OC)c1OC. The Bertz CT molecular complexity index is 1060. The van der Waals surface area contributed by atoms with Crippen molar-refractivity contribution < 1.29 is 28.5 Å². The molecule has 0 spiro atoms. The maximum atomic E-state index is 12.5. The highest BCUT2D eigenvalue weighted by Gasteiger charge is 2.21. The topological polar surface area (TPSA) is 96.0 Å². The summed E-state index contributed by atoms with van der Waals surface area (Å²) in [5.74, 6) is 0.262. The van der Waals surface area contributed by atoms with E-state index in [1.807, 2.05) is 35.7 Å². The number of amides is 1. The first kappa shape index (κ1) is 23.1. The molecule has 0 aliphatic carbocycles. The van der Waals surface area contributed by atoms with Crippen molar-refractivity contribution in [2.24, 2.45) is 0 Å². The van der Waals surface area contributed by atoms with Gasteiger partial charge in [-0.3, -0.25) is 14.9 Å². The zero-order valence-corrected chi connectivity index (χ0v) is 19.0. The lowest BCUT2D eigenvalue weighted by molar-refractivity contribution is -0.152. The number of nitrogens with one attached hydrogen (secondary N) is 1. The third-order valence-corrected chi connectivity index (χ3v) is 5.31. The number of rotatable bonds is 9. The Morgan fingerprint density at radius 2 is 1.69 bits per heavy atom. The van der Waals surface area contributed by atoms with Gasteiger partial charge in [-0.25, -0.2) is 4.98 Å². The largest absolute Gasteiger partial charge is 0.493 e. The van der Waals surface area contributed by atoms with Gasteiger partial charge >= 0.3 is 5.97 Å². The zero-order valence-electron chi connectivity index (χ0n) is 18.2. The van der Waals surface area contributed by atoms with E-state index in [1.54, 1.807) is 12.1 Å². The van der Waals surface area contributed by atoms with Crippen LogP contribution >= 0.6 is 11.3 Å². The molecule has 3 aromatic rings.